The Morgan fingerprint density at radius 1 is 0.500 bits per heavy atom. The van der Waals surface area contributed by atoms with Gasteiger partial charge in [-0.3, -0.25) is 0 Å². The molecule has 6 aromatic carbocycles. The Bertz CT molecular complexity index is 2330. The van der Waals surface area contributed by atoms with Crippen molar-refractivity contribution in [2.24, 2.45) is 5.41 Å². The van der Waals surface area contributed by atoms with E-state index < -0.39 is 5.41 Å². The molecule has 50 heavy (non-hydrogen) atoms. The van der Waals surface area contributed by atoms with Crippen LogP contribution in [0.15, 0.2) is 146 Å². The molecule has 1 atom stereocenters. The summed E-state index contributed by atoms with van der Waals surface area (Å²) in [7, 11) is 0. The third-order valence-corrected chi connectivity index (χ3v) is 12.8. The molecule has 6 aromatic rings. The van der Waals surface area contributed by atoms with E-state index in [0.29, 0.717) is 11.3 Å². The molecule has 4 aliphatic carbocycles. The van der Waals surface area contributed by atoms with Crippen molar-refractivity contribution in [3.8, 4) is 33.4 Å². The predicted molar refractivity (Wildman–Crippen MR) is 209 cm³/mol. The number of benzene rings is 6. The minimum atomic E-state index is -0.419. The van der Waals surface area contributed by atoms with E-state index in [1.54, 1.807) is 0 Å². The summed E-state index contributed by atoms with van der Waals surface area (Å²) in [5.74, 6) is 0.570. The maximum atomic E-state index is 6.33. The molecular formula is C49H41Cl. The van der Waals surface area contributed by atoms with E-state index in [4.69, 9.17) is 11.6 Å². The van der Waals surface area contributed by atoms with Crippen molar-refractivity contribution in [1.29, 1.82) is 0 Å². The quantitative estimate of drug-likeness (QED) is 0.161. The van der Waals surface area contributed by atoms with Gasteiger partial charge in [0.2, 0.25) is 0 Å². The fourth-order valence-electron chi connectivity index (χ4n) is 10.2. The minimum absolute atomic E-state index is 0.0992. The van der Waals surface area contributed by atoms with E-state index in [2.05, 4.69) is 161 Å². The lowest BCUT2D eigenvalue weighted by atomic mass is 9.67. The molecule has 1 saturated carbocycles. The molecule has 0 amide bonds. The second-order valence-corrected chi connectivity index (χ2v) is 17.1. The van der Waals surface area contributed by atoms with Gasteiger partial charge in [-0.15, -0.1) is 0 Å². The van der Waals surface area contributed by atoms with Crippen LogP contribution in [0, 0.1) is 5.41 Å². The van der Waals surface area contributed by atoms with Crippen LogP contribution in [0.25, 0.3) is 33.4 Å². The first-order valence-corrected chi connectivity index (χ1v) is 18.5. The first-order valence-electron chi connectivity index (χ1n) is 18.2. The van der Waals surface area contributed by atoms with Crippen LogP contribution in [0.2, 0.25) is 5.02 Å². The van der Waals surface area contributed by atoms with Crippen molar-refractivity contribution in [3.05, 3.63) is 190 Å². The van der Waals surface area contributed by atoms with Crippen molar-refractivity contribution in [2.75, 3.05) is 0 Å². The summed E-state index contributed by atoms with van der Waals surface area (Å²) in [5, 5.41) is 0.768. The van der Waals surface area contributed by atoms with Gasteiger partial charge in [0.1, 0.15) is 0 Å². The van der Waals surface area contributed by atoms with Crippen LogP contribution in [0.1, 0.15) is 85.4 Å². The standard InChI is InChI=1S/C49H41Cl/c1-46(2)30-47(3,4)44-28-42-40(27-43(44)46)39-26-32(17-20-41(39)49(42,36-11-7-5-8-12-36)37-13-9-6-10-14-37)34-23-33(31-15-18-38(50)19-16-31)24-35(25-34)45-29-48(45)21-22-48/h5-28,45H,29-30H2,1-4H3. The van der Waals surface area contributed by atoms with Gasteiger partial charge in [0, 0.05) is 10.4 Å². The zero-order valence-corrected chi connectivity index (χ0v) is 30.0. The van der Waals surface area contributed by atoms with Gasteiger partial charge in [-0.05, 0) is 132 Å². The number of allylic oxidation sites excluding steroid dienone is 2. The summed E-state index contributed by atoms with van der Waals surface area (Å²) < 4.78 is 0. The van der Waals surface area contributed by atoms with Crippen LogP contribution in [-0.2, 0) is 16.2 Å². The van der Waals surface area contributed by atoms with Crippen LogP contribution < -0.4 is 0 Å². The number of hydrogen-bond donors (Lipinski definition) is 0. The Morgan fingerprint density at radius 2 is 1.06 bits per heavy atom. The smallest absolute Gasteiger partial charge is 0.0713 e. The first kappa shape index (κ1) is 30.2. The van der Waals surface area contributed by atoms with E-state index in [1.807, 2.05) is 12.1 Å². The normalized spacial score (nSPS) is 20.3. The lowest BCUT2D eigenvalue weighted by Gasteiger charge is -2.34. The summed E-state index contributed by atoms with van der Waals surface area (Å²) in [6, 6.07) is 50.5. The van der Waals surface area contributed by atoms with Gasteiger partial charge in [0.25, 0.3) is 0 Å². The molecule has 0 N–H and O–H groups in total. The number of rotatable bonds is 5. The Hall–Kier alpha value is -4.65. The lowest BCUT2D eigenvalue weighted by Crippen LogP contribution is -2.29. The maximum absolute atomic E-state index is 6.33. The second kappa shape index (κ2) is 10.2. The van der Waals surface area contributed by atoms with Gasteiger partial charge in [-0.2, -0.15) is 0 Å². The highest BCUT2D eigenvalue weighted by atomic mass is 35.5. The van der Waals surface area contributed by atoms with Gasteiger partial charge in [-0.25, -0.2) is 0 Å². The molecule has 1 heteroatoms. The molecule has 0 radical (unpaired) electrons. The lowest BCUT2D eigenvalue weighted by molar-refractivity contribution is 0.403. The van der Waals surface area contributed by atoms with Crippen molar-refractivity contribution in [2.45, 2.75) is 62.7 Å². The Morgan fingerprint density at radius 3 is 1.66 bits per heavy atom. The minimum Gasteiger partial charge on any atom is -0.0843 e. The maximum Gasteiger partial charge on any atom is 0.0713 e. The molecule has 1 fully saturated rings. The van der Waals surface area contributed by atoms with Crippen molar-refractivity contribution >= 4 is 11.6 Å². The van der Waals surface area contributed by atoms with Crippen LogP contribution >= 0.6 is 11.6 Å². The molecule has 0 aromatic heterocycles. The number of hydrogen-bond acceptors (Lipinski definition) is 0. The third-order valence-electron chi connectivity index (χ3n) is 12.5. The molecule has 10 rings (SSSR count). The van der Waals surface area contributed by atoms with E-state index in [-0.39, 0.29) is 10.8 Å². The molecule has 1 spiro atoms. The van der Waals surface area contributed by atoms with Gasteiger partial charge >= 0.3 is 0 Å². The van der Waals surface area contributed by atoms with Crippen molar-refractivity contribution in [3.63, 3.8) is 0 Å². The molecular weight excluding hydrogens is 624 g/mol. The number of halogens is 1. The monoisotopic (exact) mass is 664 g/mol. The van der Waals surface area contributed by atoms with E-state index in [0.717, 1.165) is 11.4 Å². The zero-order valence-electron chi connectivity index (χ0n) is 29.2. The molecule has 244 valence electrons. The Balaban J connectivity index is 1.24. The average molecular weight is 665 g/mol. The van der Waals surface area contributed by atoms with E-state index >= 15 is 0 Å². The molecule has 1 unspecified atom stereocenters. The van der Waals surface area contributed by atoms with Gasteiger partial charge < -0.3 is 0 Å². The van der Waals surface area contributed by atoms with E-state index in [9.17, 15) is 0 Å². The molecule has 0 heterocycles. The largest absolute Gasteiger partial charge is 0.0843 e. The SMILES string of the molecule is CC1(C)CC(C)(C)c2cc3c(cc21)-c1cc(-c2cc(-c4ccc(Cl)cc4)cc(C4CC45C=C5)c2)ccc1C3(c1ccccc1)c1ccccc1. The van der Waals surface area contributed by atoms with Crippen molar-refractivity contribution in [1.82, 2.24) is 0 Å². The highest BCUT2D eigenvalue weighted by Gasteiger charge is 2.57. The zero-order chi connectivity index (χ0) is 34.0. The summed E-state index contributed by atoms with van der Waals surface area (Å²) in [4.78, 5) is 0. The second-order valence-electron chi connectivity index (χ2n) is 16.7. The first-order chi connectivity index (χ1) is 24.1. The van der Waals surface area contributed by atoms with Crippen LogP contribution in [-0.4, -0.2) is 0 Å². The summed E-state index contributed by atoms with van der Waals surface area (Å²) in [5.41, 5.74) is 17.7. The fraction of sp³-hybridized carbons (Fsp3) is 0.224. The molecule has 0 bridgehead atoms. The van der Waals surface area contributed by atoms with E-state index in [1.165, 1.54) is 78.7 Å². The Labute approximate surface area is 301 Å². The Kier molecular flexibility index (Phi) is 6.17. The number of fused-ring (bicyclic) bond motifs is 4. The molecule has 0 nitrogen and oxygen atoms in total. The third kappa shape index (κ3) is 4.31. The highest BCUT2D eigenvalue weighted by molar-refractivity contribution is 6.30. The predicted octanol–water partition coefficient (Wildman–Crippen LogP) is 13.0. The van der Waals surface area contributed by atoms with Crippen molar-refractivity contribution < 1.29 is 0 Å². The van der Waals surface area contributed by atoms with Crippen LogP contribution in [0.4, 0.5) is 0 Å². The summed E-state index contributed by atoms with van der Waals surface area (Å²) in [6.45, 7) is 9.74. The molecule has 0 saturated heterocycles. The average Bonchev–Trinajstić information content (AvgIpc) is 4.03. The highest BCUT2D eigenvalue weighted by Crippen LogP contribution is 2.69. The topological polar surface area (TPSA) is 0 Å². The van der Waals surface area contributed by atoms with Crippen LogP contribution in [0.5, 0.6) is 0 Å². The fourth-order valence-corrected chi connectivity index (χ4v) is 10.3. The van der Waals surface area contributed by atoms with Crippen LogP contribution in [0.3, 0.4) is 0 Å². The van der Waals surface area contributed by atoms with Gasteiger partial charge in [0.05, 0.1) is 5.41 Å². The van der Waals surface area contributed by atoms with Gasteiger partial charge in [0.15, 0.2) is 0 Å². The summed E-state index contributed by atoms with van der Waals surface area (Å²) in [6.07, 6.45) is 7.16. The molecule has 0 aliphatic heterocycles. The summed E-state index contributed by atoms with van der Waals surface area (Å²) >= 11 is 6.33. The molecule has 4 aliphatic rings. The van der Waals surface area contributed by atoms with Gasteiger partial charge in [-0.1, -0.05) is 155 Å².